The van der Waals surface area contributed by atoms with Gasteiger partial charge in [0.05, 0.1) is 5.92 Å². The molecule has 0 spiro atoms. The van der Waals surface area contributed by atoms with E-state index in [0.717, 1.165) is 5.56 Å². The van der Waals surface area contributed by atoms with Crippen LogP contribution in [0.2, 0.25) is 0 Å². The van der Waals surface area contributed by atoms with Gasteiger partial charge in [-0.15, -0.1) is 0 Å². The minimum absolute atomic E-state index is 0.0518. The van der Waals surface area contributed by atoms with Crippen molar-refractivity contribution in [3.63, 3.8) is 0 Å². The molecule has 2 N–H and O–H groups in total. The molecule has 1 aliphatic heterocycles. The van der Waals surface area contributed by atoms with Crippen LogP contribution in [0, 0.1) is 5.92 Å². The first kappa shape index (κ1) is 10.6. The standard InChI is InChI=1S/C11H13N3O2/c15-10-5-9(7-13-10)11(16)14-6-8-1-3-12-4-2-8/h1-4,9H,5-7H2,(H,13,15)(H,14,16). The van der Waals surface area contributed by atoms with Crippen molar-refractivity contribution in [2.75, 3.05) is 6.54 Å². The molecule has 0 saturated carbocycles. The molecule has 1 aromatic rings. The SMILES string of the molecule is O=C1CC(C(=O)NCc2ccncc2)CN1. The molecule has 1 aliphatic rings. The second kappa shape index (κ2) is 4.74. The van der Waals surface area contributed by atoms with Crippen LogP contribution in [0.5, 0.6) is 0 Å². The molecule has 2 heterocycles. The summed E-state index contributed by atoms with van der Waals surface area (Å²) < 4.78 is 0. The van der Waals surface area contributed by atoms with Gasteiger partial charge in [-0.25, -0.2) is 0 Å². The molecule has 1 fully saturated rings. The lowest BCUT2D eigenvalue weighted by molar-refractivity contribution is -0.126. The predicted octanol–water partition coefficient (Wildman–Crippen LogP) is -0.166. The summed E-state index contributed by atoms with van der Waals surface area (Å²) in [5.74, 6) is -0.353. The van der Waals surface area contributed by atoms with Crippen LogP contribution in [-0.4, -0.2) is 23.3 Å². The summed E-state index contributed by atoms with van der Waals surface area (Å²) in [4.78, 5) is 26.5. The van der Waals surface area contributed by atoms with Crippen LogP contribution in [0.15, 0.2) is 24.5 Å². The zero-order chi connectivity index (χ0) is 11.4. The third kappa shape index (κ3) is 2.56. The normalized spacial score (nSPS) is 19.2. The molecule has 2 rings (SSSR count). The number of nitrogens with zero attached hydrogens (tertiary/aromatic N) is 1. The quantitative estimate of drug-likeness (QED) is 0.741. The average molecular weight is 219 g/mol. The van der Waals surface area contributed by atoms with Gasteiger partial charge < -0.3 is 10.6 Å². The Bertz CT molecular complexity index is 391. The van der Waals surface area contributed by atoms with Crippen molar-refractivity contribution in [3.05, 3.63) is 30.1 Å². The fourth-order valence-electron chi connectivity index (χ4n) is 1.62. The van der Waals surface area contributed by atoms with Crippen molar-refractivity contribution in [1.29, 1.82) is 0 Å². The number of nitrogens with one attached hydrogen (secondary N) is 2. The molecular formula is C11H13N3O2. The van der Waals surface area contributed by atoms with E-state index in [1.54, 1.807) is 12.4 Å². The number of rotatable bonds is 3. The van der Waals surface area contributed by atoms with E-state index in [-0.39, 0.29) is 17.7 Å². The number of carbonyl (C=O) groups is 2. The Labute approximate surface area is 93.3 Å². The molecule has 5 heteroatoms. The van der Waals surface area contributed by atoms with Crippen LogP contribution in [0.4, 0.5) is 0 Å². The number of aromatic nitrogens is 1. The Morgan fingerprint density at radius 1 is 1.50 bits per heavy atom. The van der Waals surface area contributed by atoms with Gasteiger partial charge in [-0.05, 0) is 17.7 Å². The largest absolute Gasteiger partial charge is 0.355 e. The molecule has 5 nitrogen and oxygen atoms in total. The topological polar surface area (TPSA) is 71.1 Å². The summed E-state index contributed by atoms with van der Waals surface area (Å²) >= 11 is 0. The molecule has 0 radical (unpaired) electrons. The number of carbonyl (C=O) groups excluding carboxylic acids is 2. The average Bonchev–Trinajstić information content (AvgIpc) is 2.74. The zero-order valence-corrected chi connectivity index (χ0v) is 8.77. The molecule has 0 bridgehead atoms. The molecule has 0 aromatic carbocycles. The smallest absolute Gasteiger partial charge is 0.225 e. The number of amides is 2. The maximum absolute atomic E-state index is 11.6. The molecule has 1 unspecified atom stereocenters. The van der Waals surface area contributed by atoms with Gasteiger partial charge in [0, 0.05) is 31.9 Å². The number of hydrogen-bond acceptors (Lipinski definition) is 3. The van der Waals surface area contributed by atoms with E-state index in [2.05, 4.69) is 15.6 Å². The second-order valence-corrected chi connectivity index (χ2v) is 3.78. The minimum Gasteiger partial charge on any atom is -0.355 e. The highest BCUT2D eigenvalue weighted by atomic mass is 16.2. The Morgan fingerprint density at radius 3 is 2.88 bits per heavy atom. The molecule has 1 saturated heterocycles. The first-order valence-corrected chi connectivity index (χ1v) is 5.19. The molecule has 84 valence electrons. The minimum atomic E-state index is -0.227. The zero-order valence-electron chi connectivity index (χ0n) is 8.77. The Kier molecular flexibility index (Phi) is 3.14. The van der Waals surface area contributed by atoms with Crippen LogP contribution in [0.25, 0.3) is 0 Å². The third-order valence-corrected chi connectivity index (χ3v) is 2.56. The fourth-order valence-corrected chi connectivity index (χ4v) is 1.62. The lowest BCUT2D eigenvalue weighted by Gasteiger charge is -2.08. The summed E-state index contributed by atoms with van der Waals surface area (Å²) in [6.45, 7) is 0.924. The van der Waals surface area contributed by atoms with E-state index in [1.165, 1.54) is 0 Å². The lowest BCUT2D eigenvalue weighted by Crippen LogP contribution is -2.31. The Balaban J connectivity index is 1.82. The first-order chi connectivity index (χ1) is 7.75. The summed E-state index contributed by atoms with van der Waals surface area (Å²) in [7, 11) is 0. The number of pyridine rings is 1. The predicted molar refractivity (Wildman–Crippen MR) is 57.2 cm³/mol. The number of hydrogen-bond donors (Lipinski definition) is 2. The van der Waals surface area contributed by atoms with Gasteiger partial charge >= 0.3 is 0 Å². The van der Waals surface area contributed by atoms with Gasteiger partial charge in [0.1, 0.15) is 0 Å². The van der Waals surface area contributed by atoms with Crippen molar-refractivity contribution in [2.45, 2.75) is 13.0 Å². The van der Waals surface area contributed by atoms with E-state index < -0.39 is 0 Å². The summed E-state index contributed by atoms with van der Waals surface area (Å²) in [5.41, 5.74) is 1.00. The Morgan fingerprint density at radius 2 is 2.25 bits per heavy atom. The van der Waals surface area contributed by atoms with Crippen LogP contribution in [-0.2, 0) is 16.1 Å². The van der Waals surface area contributed by atoms with E-state index in [1.807, 2.05) is 12.1 Å². The van der Waals surface area contributed by atoms with Crippen LogP contribution < -0.4 is 10.6 Å². The van der Waals surface area contributed by atoms with Crippen molar-refractivity contribution in [1.82, 2.24) is 15.6 Å². The second-order valence-electron chi connectivity index (χ2n) is 3.78. The molecule has 2 amide bonds. The van der Waals surface area contributed by atoms with Gasteiger partial charge in [-0.1, -0.05) is 0 Å². The van der Waals surface area contributed by atoms with E-state index in [4.69, 9.17) is 0 Å². The molecular weight excluding hydrogens is 206 g/mol. The molecule has 0 aliphatic carbocycles. The fraction of sp³-hybridized carbons (Fsp3) is 0.364. The van der Waals surface area contributed by atoms with E-state index in [0.29, 0.717) is 19.5 Å². The highest BCUT2D eigenvalue weighted by Crippen LogP contribution is 2.08. The van der Waals surface area contributed by atoms with Gasteiger partial charge in [0.25, 0.3) is 0 Å². The van der Waals surface area contributed by atoms with E-state index >= 15 is 0 Å². The lowest BCUT2D eigenvalue weighted by atomic mass is 10.1. The maximum Gasteiger partial charge on any atom is 0.225 e. The monoisotopic (exact) mass is 219 g/mol. The van der Waals surface area contributed by atoms with Gasteiger partial charge in [-0.2, -0.15) is 0 Å². The Hall–Kier alpha value is -1.91. The van der Waals surface area contributed by atoms with Crippen molar-refractivity contribution in [2.24, 2.45) is 5.92 Å². The first-order valence-electron chi connectivity index (χ1n) is 5.19. The highest BCUT2D eigenvalue weighted by molar-refractivity contribution is 5.89. The van der Waals surface area contributed by atoms with Gasteiger partial charge in [-0.3, -0.25) is 14.6 Å². The van der Waals surface area contributed by atoms with Crippen molar-refractivity contribution >= 4 is 11.8 Å². The van der Waals surface area contributed by atoms with Crippen LogP contribution in [0.3, 0.4) is 0 Å². The maximum atomic E-state index is 11.6. The van der Waals surface area contributed by atoms with Crippen molar-refractivity contribution < 1.29 is 9.59 Å². The van der Waals surface area contributed by atoms with Gasteiger partial charge in [0.15, 0.2) is 0 Å². The van der Waals surface area contributed by atoms with Crippen LogP contribution >= 0.6 is 0 Å². The highest BCUT2D eigenvalue weighted by Gasteiger charge is 2.27. The van der Waals surface area contributed by atoms with Crippen LogP contribution in [0.1, 0.15) is 12.0 Å². The summed E-state index contributed by atoms with van der Waals surface area (Å²) in [6, 6.07) is 3.69. The summed E-state index contributed by atoms with van der Waals surface area (Å²) in [6.07, 6.45) is 3.66. The molecule has 1 aromatic heterocycles. The molecule has 16 heavy (non-hydrogen) atoms. The van der Waals surface area contributed by atoms with E-state index in [9.17, 15) is 9.59 Å². The van der Waals surface area contributed by atoms with Crippen molar-refractivity contribution in [3.8, 4) is 0 Å². The summed E-state index contributed by atoms with van der Waals surface area (Å²) in [5, 5.41) is 5.44. The van der Waals surface area contributed by atoms with Gasteiger partial charge in [0.2, 0.25) is 11.8 Å². The molecule has 1 atom stereocenters. The third-order valence-electron chi connectivity index (χ3n) is 2.56.